The molecule has 1 aliphatic rings. The number of likely N-dealkylation sites (tertiary alicyclic amines) is 1. The van der Waals surface area contributed by atoms with Gasteiger partial charge in [0, 0.05) is 41.8 Å². The molecule has 174 valence electrons. The van der Waals surface area contributed by atoms with Crippen LogP contribution in [0.5, 0.6) is 0 Å². The number of carbonyl (C=O) groups excluding carboxylic acids is 2. The molecule has 0 unspecified atom stereocenters. The van der Waals surface area contributed by atoms with Crippen molar-refractivity contribution in [1.82, 2.24) is 19.2 Å². The molecule has 3 heterocycles. The summed E-state index contributed by atoms with van der Waals surface area (Å²) in [6.45, 7) is 3.13. The molecule has 0 bridgehead atoms. The fourth-order valence-corrected chi connectivity index (χ4v) is 5.18. The molecule has 9 heteroatoms. The van der Waals surface area contributed by atoms with Crippen LogP contribution in [0.4, 0.5) is 0 Å². The molecule has 1 atom stereocenters. The first-order chi connectivity index (χ1) is 16.1. The Balaban J connectivity index is 1.42. The first-order valence-corrected chi connectivity index (χ1v) is 12.6. The number of ether oxygens (including phenoxy) is 1. The molecular formula is C24H28N4O4S. The van der Waals surface area contributed by atoms with Crippen LogP contribution in [0, 0.1) is 5.92 Å². The molecule has 2 aromatic heterocycles. The molecule has 1 amide bonds. The van der Waals surface area contributed by atoms with E-state index in [1.807, 2.05) is 64.1 Å². The average Bonchev–Trinajstić information content (AvgIpc) is 3.49. The van der Waals surface area contributed by atoms with E-state index in [0.717, 1.165) is 17.1 Å². The van der Waals surface area contributed by atoms with E-state index in [1.165, 1.54) is 0 Å². The summed E-state index contributed by atoms with van der Waals surface area (Å²) in [6.07, 6.45) is 6.72. The first kappa shape index (κ1) is 23.0. The van der Waals surface area contributed by atoms with Crippen LogP contribution < -0.4 is 0 Å². The Kier molecular flexibility index (Phi) is 7.39. The molecule has 0 spiro atoms. The highest BCUT2D eigenvalue weighted by Crippen LogP contribution is 2.22. The van der Waals surface area contributed by atoms with Gasteiger partial charge in [-0.05, 0) is 44.0 Å². The quantitative estimate of drug-likeness (QED) is 0.475. The Morgan fingerprint density at radius 1 is 1.09 bits per heavy atom. The Morgan fingerprint density at radius 3 is 2.45 bits per heavy atom. The van der Waals surface area contributed by atoms with E-state index in [0.29, 0.717) is 32.5 Å². The second kappa shape index (κ2) is 10.6. The summed E-state index contributed by atoms with van der Waals surface area (Å²) in [4.78, 5) is 26.3. The number of aromatic nitrogens is 3. The van der Waals surface area contributed by atoms with E-state index in [4.69, 9.17) is 4.74 Å². The molecule has 1 fully saturated rings. The van der Waals surface area contributed by atoms with Gasteiger partial charge in [0.05, 0.1) is 30.2 Å². The maximum atomic E-state index is 12.9. The third-order valence-corrected chi connectivity index (χ3v) is 6.94. The fourth-order valence-electron chi connectivity index (χ4n) is 4.06. The van der Waals surface area contributed by atoms with Crippen molar-refractivity contribution in [3.63, 3.8) is 0 Å². The lowest BCUT2D eigenvalue weighted by atomic mass is 9.97. The number of esters is 1. The van der Waals surface area contributed by atoms with E-state index >= 15 is 0 Å². The van der Waals surface area contributed by atoms with E-state index < -0.39 is 10.8 Å². The van der Waals surface area contributed by atoms with Gasteiger partial charge in [-0.15, -0.1) is 0 Å². The average molecular weight is 469 g/mol. The second-order valence-corrected chi connectivity index (χ2v) is 9.42. The molecule has 1 aromatic carbocycles. The van der Waals surface area contributed by atoms with Crippen LogP contribution in [0.15, 0.2) is 61.1 Å². The molecule has 0 N–H and O–H groups in total. The normalized spacial score (nSPS) is 15.4. The van der Waals surface area contributed by atoms with Gasteiger partial charge in [-0.1, -0.05) is 18.2 Å². The molecule has 3 aromatic rings. The lowest BCUT2D eigenvalue weighted by Crippen LogP contribution is -2.42. The number of hydrogen-bond acceptors (Lipinski definition) is 5. The summed E-state index contributed by atoms with van der Waals surface area (Å²) in [6, 6.07) is 13.6. The highest BCUT2D eigenvalue weighted by atomic mass is 32.2. The van der Waals surface area contributed by atoms with Crippen LogP contribution in [-0.2, 0) is 30.9 Å². The van der Waals surface area contributed by atoms with Crippen molar-refractivity contribution in [2.24, 2.45) is 5.92 Å². The zero-order valence-electron chi connectivity index (χ0n) is 18.6. The third kappa shape index (κ3) is 5.42. The van der Waals surface area contributed by atoms with Gasteiger partial charge in [0.15, 0.2) is 0 Å². The summed E-state index contributed by atoms with van der Waals surface area (Å²) >= 11 is 0. The zero-order chi connectivity index (χ0) is 23.2. The Morgan fingerprint density at radius 2 is 1.79 bits per heavy atom. The van der Waals surface area contributed by atoms with Crippen LogP contribution in [-0.4, -0.2) is 60.8 Å². The maximum Gasteiger partial charge on any atom is 0.309 e. The van der Waals surface area contributed by atoms with Gasteiger partial charge in [0.2, 0.25) is 5.91 Å². The molecule has 1 aliphatic heterocycles. The topological polar surface area (TPSA) is 86.4 Å². The van der Waals surface area contributed by atoms with Crippen LogP contribution >= 0.6 is 0 Å². The van der Waals surface area contributed by atoms with Gasteiger partial charge < -0.3 is 14.2 Å². The van der Waals surface area contributed by atoms with Crippen molar-refractivity contribution in [1.29, 1.82) is 0 Å². The minimum atomic E-state index is -1.39. The number of benzene rings is 1. The Bertz CT molecular complexity index is 1100. The summed E-state index contributed by atoms with van der Waals surface area (Å²) < 4.78 is 21.8. The van der Waals surface area contributed by atoms with Crippen molar-refractivity contribution >= 4 is 22.7 Å². The number of nitrogens with zero attached hydrogens (tertiary/aromatic N) is 4. The van der Waals surface area contributed by atoms with Gasteiger partial charge in [-0.2, -0.15) is 5.10 Å². The van der Waals surface area contributed by atoms with Gasteiger partial charge >= 0.3 is 5.97 Å². The van der Waals surface area contributed by atoms with Crippen molar-refractivity contribution in [2.75, 3.05) is 25.4 Å². The number of carbonyl (C=O) groups is 2. The maximum absolute atomic E-state index is 12.9. The van der Waals surface area contributed by atoms with Crippen molar-refractivity contribution in [3.8, 4) is 11.5 Å². The lowest BCUT2D eigenvalue weighted by molar-refractivity contribution is -0.151. The van der Waals surface area contributed by atoms with E-state index in [2.05, 4.69) is 5.10 Å². The third-order valence-electron chi connectivity index (χ3n) is 5.74. The highest BCUT2D eigenvalue weighted by Gasteiger charge is 2.29. The number of hydrogen-bond donors (Lipinski definition) is 0. The van der Waals surface area contributed by atoms with Crippen LogP contribution in [0.1, 0.15) is 25.3 Å². The van der Waals surface area contributed by atoms with Crippen LogP contribution in [0.2, 0.25) is 0 Å². The van der Waals surface area contributed by atoms with Crippen molar-refractivity contribution in [2.45, 2.75) is 25.5 Å². The van der Waals surface area contributed by atoms with Gasteiger partial charge in [-0.3, -0.25) is 13.8 Å². The van der Waals surface area contributed by atoms with Crippen LogP contribution in [0.3, 0.4) is 0 Å². The Labute approximate surface area is 195 Å². The second-order valence-electron chi connectivity index (χ2n) is 7.97. The fraction of sp³-hybridized carbons (Fsp3) is 0.375. The molecule has 0 radical (unpaired) electrons. The van der Waals surface area contributed by atoms with Gasteiger partial charge in [0.1, 0.15) is 11.6 Å². The van der Waals surface area contributed by atoms with Crippen molar-refractivity contribution < 1.29 is 18.5 Å². The minimum absolute atomic E-state index is 0.0499. The summed E-state index contributed by atoms with van der Waals surface area (Å²) in [5.74, 6) is 0.487. The SMILES string of the molecule is CCOC(=O)C1CCN(C(=O)C[S@@](=O)Cc2cnn(-c3ccccc3)c2-n2cccc2)CC1. The molecule has 33 heavy (non-hydrogen) atoms. The lowest BCUT2D eigenvalue weighted by Gasteiger charge is -2.30. The predicted molar refractivity (Wildman–Crippen MR) is 126 cm³/mol. The smallest absolute Gasteiger partial charge is 0.309 e. The van der Waals surface area contributed by atoms with Gasteiger partial charge in [0.25, 0.3) is 0 Å². The molecule has 8 nitrogen and oxygen atoms in total. The summed E-state index contributed by atoms with van der Waals surface area (Å²) in [5.41, 5.74) is 1.71. The van der Waals surface area contributed by atoms with Crippen LogP contribution in [0.25, 0.3) is 11.5 Å². The standard InChI is InChI=1S/C24H28N4O4S/c1-2-32-24(30)19-10-14-26(15-11-19)22(29)18-33(31)17-20-16-25-28(21-8-4-3-5-9-21)23(20)27-12-6-7-13-27/h3-9,12-13,16,19H,2,10-11,14-15,17-18H2,1H3/t33-/m0/s1. The minimum Gasteiger partial charge on any atom is -0.466 e. The first-order valence-electron chi connectivity index (χ1n) is 11.1. The molecule has 0 saturated carbocycles. The van der Waals surface area contributed by atoms with Crippen molar-refractivity contribution in [3.05, 3.63) is 66.6 Å². The van der Waals surface area contributed by atoms with E-state index in [1.54, 1.807) is 18.0 Å². The molecule has 0 aliphatic carbocycles. The van der Waals surface area contributed by atoms with E-state index in [-0.39, 0.29) is 29.3 Å². The number of rotatable bonds is 8. The molecular weight excluding hydrogens is 440 g/mol. The summed E-state index contributed by atoms with van der Waals surface area (Å²) in [7, 11) is -1.39. The monoisotopic (exact) mass is 468 g/mol. The number of piperidine rings is 1. The Hall–Kier alpha value is -3.20. The number of para-hydroxylation sites is 1. The zero-order valence-corrected chi connectivity index (χ0v) is 19.4. The van der Waals surface area contributed by atoms with Gasteiger partial charge in [-0.25, -0.2) is 4.68 Å². The number of amides is 1. The molecule has 4 rings (SSSR count). The highest BCUT2D eigenvalue weighted by molar-refractivity contribution is 7.84. The molecule has 1 saturated heterocycles. The predicted octanol–water partition coefficient (Wildman–Crippen LogP) is 2.71. The summed E-state index contributed by atoms with van der Waals surface area (Å²) in [5, 5.41) is 4.53. The largest absolute Gasteiger partial charge is 0.466 e. The van der Waals surface area contributed by atoms with E-state index in [9.17, 15) is 13.8 Å².